The van der Waals surface area contributed by atoms with E-state index in [9.17, 15) is 0 Å². The summed E-state index contributed by atoms with van der Waals surface area (Å²) in [6.45, 7) is 10.1. The van der Waals surface area contributed by atoms with E-state index in [-0.39, 0.29) is 0 Å². The third-order valence-corrected chi connectivity index (χ3v) is 2.98. The second kappa shape index (κ2) is 7.45. The molecule has 0 saturated heterocycles. The number of rotatable bonds is 8. The van der Waals surface area contributed by atoms with E-state index in [2.05, 4.69) is 35.9 Å². The number of hydrogen-bond acceptors (Lipinski definition) is 3. The van der Waals surface area contributed by atoms with Crippen LogP contribution in [0.4, 0.5) is 0 Å². The van der Waals surface area contributed by atoms with Crippen LogP contribution in [-0.4, -0.2) is 30.0 Å². The van der Waals surface area contributed by atoms with Crippen molar-refractivity contribution >= 4 is 0 Å². The summed E-state index contributed by atoms with van der Waals surface area (Å²) in [4.78, 5) is 0. The van der Waals surface area contributed by atoms with Gasteiger partial charge in [0.05, 0.1) is 5.69 Å². The van der Waals surface area contributed by atoms with E-state index in [0.717, 1.165) is 38.4 Å². The number of aryl methyl sites for hydroxylation is 2. The fourth-order valence-corrected chi connectivity index (χ4v) is 1.96. The molecule has 4 nitrogen and oxygen atoms in total. The second-order valence-electron chi connectivity index (χ2n) is 4.40. The Kier molecular flexibility index (Phi) is 6.22. The molecule has 0 fully saturated rings. The average molecular weight is 239 g/mol. The van der Waals surface area contributed by atoms with Gasteiger partial charge in [-0.15, -0.1) is 0 Å². The molecule has 1 aromatic heterocycles. The molecule has 0 radical (unpaired) electrons. The highest BCUT2D eigenvalue weighted by Crippen LogP contribution is 2.13. The summed E-state index contributed by atoms with van der Waals surface area (Å²) in [6, 6.07) is 0. The van der Waals surface area contributed by atoms with Crippen molar-refractivity contribution in [1.82, 2.24) is 15.1 Å². The predicted octanol–water partition coefficient (Wildman–Crippen LogP) is 2.04. The molecule has 0 spiro atoms. The van der Waals surface area contributed by atoms with Crippen LogP contribution in [0.25, 0.3) is 0 Å². The summed E-state index contributed by atoms with van der Waals surface area (Å²) >= 11 is 0. The highest BCUT2D eigenvalue weighted by Gasteiger charge is 2.10. The largest absolute Gasteiger partial charge is 0.385 e. The lowest BCUT2D eigenvalue weighted by atomic mass is 10.2. The maximum Gasteiger partial charge on any atom is 0.0641 e. The van der Waals surface area contributed by atoms with Gasteiger partial charge in [-0.05, 0) is 33.2 Å². The Morgan fingerprint density at radius 1 is 1.35 bits per heavy atom. The lowest BCUT2D eigenvalue weighted by Crippen LogP contribution is -2.15. The Hall–Kier alpha value is -0.870. The van der Waals surface area contributed by atoms with Crippen molar-refractivity contribution in [2.75, 3.05) is 20.3 Å². The van der Waals surface area contributed by atoms with Gasteiger partial charge in [-0.2, -0.15) is 5.10 Å². The van der Waals surface area contributed by atoms with Crippen molar-refractivity contribution in [3.63, 3.8) is 0 Å². The van der Waals surface area contributed by atoms with Gasteiger partial charge in [0.15, 0.2) is 0 Å². The fourth-order valence-electron chi connectivity index (χ4n) is 1.96. The van der Waals surface area contributed by atoms with Crippen molar-refractivity contribution in [3.8, 4) is 0 Å². The molecule has 0 unspecified atom stereocenters. The third-order valence-electron chi connectivity index (χ3n) is 2.98. The topological polar surface area (TPSA) is 39.1 Å². The van der Waals surface area contributed by atoms with Crippen LogP contribution in [0.3, 0.4) is 0 Å². The molecule has 1 rings (SSSR count). The van der Waals surface area contributed by atoms with Crippen LogP contribution in [0.5, 0.6) is 0 Å². The number of nitrogens with one attached hydrogen (secondary N) is 1. The zero-order valence-corrected chi connectivity index (χ0v) is 11.5. The Morgan fingerprint density at radius 2 is 2.12 bits per heavy atom. The molecular formula is C13H25N3O. The third kappa shape index (κ3) is 4.13. The molecule has 0 aliphatic rings. The Labute approximate surface area is 104 Å². The number of ether oxygens (including phenoxy) is 1. The monoisotopic (exact) mass is 239 g/mol. The second-order valence-corrected chi connectivity index (χ2v) is 4.40. The average Bonchev–Trinajstić information content (AvgIpc) is 2.57. The maximum atomic E-state index is 5.07. The number of nitrogens with zero attached hydrogens (tertiary/aromatic N) is 2. The first kappa shape index (κ1) is 14.2. The molecular weight excluding hydrogens is 214 g/mol. The van der Waals surface area contributed by atoms with Gasteiger partial charge >= 0.3 is 0 Å². The fraction of sp³-hybridized carbons (Fsp3) is 0.769. The lowest BCUT2D eigenvalue weighted by molar-refractivity contribution is 0.188. The molecule has 0 aromatic carbocycles. The van der Waals surface area contributed by atoms with Gasteiger partial charge in [-0.25, -0.2) is 0 Å². The Bertz CT molecular complexity index is 334. The minimum Gasteiger partial charge on any atom is -0.385 e. The summed E-state index contributed by atoms with van der Waals surface area (Å²) < 4.78 is 7.16. The first-order chi connectivity index (χ1) is 8.20. The SMILES string of the molecule is CCCNCc1c(C)nn(CCCOC)c1C. The van der Waals surface area contributed by atoms with E-state index in [1.165, 1.54) is 17.7 Å². The van der Waals surface area contributed by atoms with Gasteiger partial charge in [0.1, 0.15) is 0 Å². The Morgan fingerprint density at radius 3 is 2.76 bits per heavy atom. The van der Waals surface area contributed by atoms with Crippen molar-refractivity contribution in [3.05, 3.63) is 17.0 Å². The van der Waals surface area contributed by atoms with E-state index >= 15 is 0 Å². The Balaban J connectivity index is 2.58. The first-order valence-electron chi connectivity index (χ1n) is 6.43. The van der Waals surface area contributed by atoms with Gasteiger partial charge in [-0.3, -0.25) is 4.68 Å². The summed E-state index contributed by atoms with van der Waals surface area (Å²) in [6.07, 6.45) is 2.18. The zero-order valence-electron chi connectivity index (χ0n) is 11.5. The number of aromatic nitrogens is 2. The smallest absolute Gasteiger partial charge is 0.0641 e. The molecule has 1 heterocycles. The molecule has 17 heavy (non-hydrogen) atoms. The number of hydrogen-bond donors (Lipinski definition) is 1. The summed E-state index contributed by atoms with van der Waals surface area (Å²) in [5, 5.41) is 8.02. The molecule has 0 saturated carbocycles. The molecule has 0 aliphatic carbocycles. The van der Waals surface area contributed by atoms with Gasteiger partial charge in [0, 0.05) is 38.1 Å². The van der Waals surface area contributed by atoms with Gasteiger partial charge in [0.2, 0.25) is 0 Å². The van der Waals surface area contributed by atoms with Gasteiger partial charge in [-0.1, -0.05) is 6.92 Å². The highest BCUT2D eigenvalue weighted by atomic mass is 16.5. The van der Waals surface area contributed by atoms with Crippen LogP contribution in [0, 0.1) is 13.8 Å². The minimum absolute atomic E-state index is 0.793. The van der Waals surface area contributed by atoms with E-state index in [1.54, 1.807) is 7.11 Å². The predicted molar refractivity (Wildman–Crippen MR) is 70.2 cm³/mol. The van der Waals surface area contributed by atoms with Gasteiger partial charge in [0.25, 0.3) is 0 Å². The minimum atomic E-state index is 0.793. The van der Waals surface area contributed by atoms with Crippen LogP contribution >= 0.6 is 0 Å². The molecule has 4 heteroatoms. The van der Waals surface area contributed by atoms with Crippen molar-refractivity contribution in [2.45, 2.75) is 46.7 Å². The highest BCUT2D eigenvalue weighted by molar-refractivity contribution is 5.24. The number of methoxy groups -OCH3 is 1. The van der Waals surface area contributed by atoms with Crippen LogP contribution < -0.4 is 5.32 Å². The zero-order chi connectivity index (χ0) is 12.7. The summed E-state index contributed by atoms with van der Waals surface area (Å²) in [5.41, 5.74) is 3.77. The normalized spacial score (nSPS) is 11.1. The maximum absolute atomic E-state index is 5.07. The van der Waals surface area contributed by atoms with Crippen LogP contribution in [0.2, 0.25) is 0 Å². The molecule has 0 atom stereocenters. The standard InChI is InChI=1S/C13H25N3O/c1-5-7-14-10-13-11(2)15-16(12(13)3)8-6-9-17-4/h14H,5-10H2,1-4H3. The van der Waals surface area contributed by atoms with Crippen molar-refractivity contribution in [2.24, 2.45) is 0 Å². The molecule has 98 valence electrons. The van der Waals surface area contributed by atoms with Crippen molar-refractivity contribution < 1.29 is 4.74 Å². The van der Waals surface area contributed by atoms with Crippen LogP contribution in [0.15, 0.2) is 0 Å². The first-order valence-corrected chi connectivity index (χ1v) is 6.43. The molecule has 1 aromatic rings. The van der Waals surface area contributed by atoms with E-state index in [4.69, 9.17) is 4.74 Å². The van der Waals surface area contributed by atoms with Gasteiger partial charge < -0.3 is 10.1 Å². The molecule has 1 N–H and O–H groups in total. The van der Waals surface area contributed by atoms with E-state index in [0.29, 0.717) is 0 Å². The van der Waals surface area contributed by atoms with Crippen LogP contribution in [0.1, 0.15) is 36.7 Å². The van der Waals surface area contributed by atoms with Crippen molar-refractivity contribution in [1.29, 1.82) is 0 Å². The quantitative estimate of drug-likeness (QED) is 0.706. The summed E-state index contributed by atoms with van der Waals surface area (Å²) in [7, 11) is 1.74. The van der Waals surface area contributed by atoms with E-state index < -0.39 is 0 Å². The van der Waals surface area contributed by atoms with Crippen LogP contribution in [-0.2, 0) is 17.8 Å². The lowest BCUT2D eigenvalue weighted by Gasteiger charge is -2.06. The summed E-state index contributed by atoms with van der Waals surface area (Å²) in [5.74, 6) is 0. The van der Waals surface area contributed by atoms with E-state index in [1.807, 2.05) is 0 Å². The molecule has 0 aliphatic heterocycles. The molecule has 0 amide bonds. The molecule has 0 bridgehead atoms.